The zero-order valence-electron chi connectivity index (χ0n) is 15.3. The Balaban J connectivity index is 1.86. The summed E-state index contributed by atoms with van der Waals surface area (Å²) in [7, 11) is 0. The van der Waals surface area contributed by atoms with Gasteiger partial charge in [0, 0.05) is 45.2 Å². The number of rotatable bonds is 3. The highest BCUT2D eigenvalue weighted by Crippen LogP contribution is 2.44. The number of carbonyl (C=O) groups excluding carboxylic acids is 3. The number of nitrogens with zero attached hydrogens (tertiary/aromatic N) is 3. The van der Waals surface area contributed by atoms with Crippen molar-refractivity contribution in [3.8, 4) is 0 Å². The van der Waals surface area contributed by atoms with Gasteiger partial charge in [-0.25, -0.2) is 0 Å². The second kappa shape index (κ2) is 7.43. The fourth-order valence-corrected chi connectivity index (χ4v) is 4.12. The van der Waals surface area contributed by atoms with E-state index in [1.165, 1.54) is 6.92 Å². The molecule has 140 valence electrons. The average molecular weight is 359 g/mol. The van der Waals surface area contributed by atoms with Crippen LogP contribution in [0.1, 0.15) is 37.2 Å². The SMILES string of the molecule is CCOC(=O)[C@]12CCCN(C(=O)c3ccccn3)C[C@H]1CN(C(C)=O)C2. The summed E-state index contributed by atoms with van der Waals surface area (Å²) in [5.41, 5.74) is -0.321. The molecule has 1 aromatic heterocycles. The van der Waals surface area contributed by atoms with Crippen LogP contribution in [0.5, 0.6) is 0 Å². The van der Waals surface area contributed by atoms with E-state index in [4.69, 9.17) is 4.74 Å². The molecule has 2 aliphatic rings. The van der Waals surface area contributed by atoms with E-state index in [-0.39, 0.29) is 23.7 Å². The van der Waals surface area contributed by atoms with Crippen LogP contribution in [0.4, 0.5) is 0 Å². The van der Waals surface area contributed by atoms with Crippen LogP contribution in [-0.2, 0) is 14.3 Å². The van der Waals surface area contributed by atoms with Gasteiger partial charge in [-0.05, 0) is 31.9 Å². The smallest absolute Gasteiger partial charge is 0.314 e. The maximum atomic E-state index is 12.8. The number of ether oxygens (including phenoxy) is 1. The van der Waals surface area contributed by atoms with Crippen molar-refractivity contribution in [1.29, 1.82) is 0 Å². The lowest BCUT2D eigenvalue weighted by Crippen LogP contribution is -2.43. The summed E-state index contributed by atoms with van der Waals surface area (Å²) in [6.45, 7) is 5.46. The maximum absolute atomic E-state index is 12.8. The van der Waals surface area contributed by atoms with Gasteiger partial charge in [-0.1, -0.05) is 6.07 Å². The van der Waals surface area contributed by atoms with Crippen LogP contribution in [0.25, 0.3) is 0 Å². The van der Waals surface area contributed by atoms with E-state index in [2.05, 4.69) is 4.98 Å². The van der Waals surface area contributed by atoms with Gasteiger partial charge < -0.3 is 14.5 Å². The lowest BCUT2D eigenvalue weighted by Gasteiger charge is -2.31. The van der Waals surface area contributed by atoms with E-state index in [9.17, 15) is 14.4 Å². The lowest BCUT2D eigenvalue weighted by molar-refractivity contribution is -0.157. The molecule has 26 heavy (non-hydrogen) atoms. The molecule has 3 heterocycles. The topological polar surface area (TPSA) is 79.8 Å². The van der Waals surface area contributed by atoms with Gasteiger partial charge in [0.15, 0.2) is 0 Å². The van der Waals surface area contributed by atoms with E-state index in [0.717, 1.165) is 0 Å². The van der Waals surface area contributed by atoms with Crippen molar-refractivity contribution >= 4 is 17.8 Å². The number of aromatic nitrogens is 1. The number of likely N-dealkylation sites (tertiary alicyclic amines) is 2. The molecule has 0 spiro atoms. The number of carbonyl (C=O) groups is 3. The van der Waals surface area contributed by atoms with Crippen molar-refractivity contribution < 1.29 is 19.1 Å². The Bertz CT molecular complexity index is 693. The Kier molecular flexibility index (Phi) is 5.25. The van der Waals surface area contributed by atoms with Gasteiger partial charge in [0.25, 0.3) is 5.91 Å². The number of pyridine rings is 1. The summed E-state index contributed by atoms with van der Waals surface area (Å²) in [5, 5.41) is 0. The van der Waals surface area contributed by atoms with Crippen molar-refractivity contribution in [1.82, 2.24) is 14.8 Å². The lowest BCUT2D eigenvalue weighted by atomic mass is 9.75. The van der Waals surface area contributed by atoms with Gasteiger partial charge in [-0.3, -0.25) is 19.4 Å². The minimum atomic E-state index is -0.721. The molecular weight excluding hydrogens is 334 g/mol. The molecule has 7 heteroatoms. The normalized spacial score (nSPS) is 25.4. The predicted molar refractivity (Wildman–Crippen MR) is 94.2 cm³/mol. The molecule has 2 saturated heterocycles. The van der Waals surface area contributed by atoms with E-state index >= 15 is 0 Å². The summed E-state index contributed by atoms with van der Waals surface area (Å²) < 4.78 is 5.36. The Morgan fingerprint density at radius 1 is 1.27 bits per heavy atom. The van der Waals surface area contributed by atoms with Gasteiger partial charge in [0.2, 0.25) is 5.91 Å². The fraction of sp³-hybridized carbons (Fsp3) is 0.579. The molecule has 0 N–H and O–H groups in total. The highest BCUT2D eigenvalue weighted by atomic mass is 16.5. The summed E-state index contributed by atoms with van der Waals surface area (Å²) in [5.74, 6) is -0.558. The highest BCUT2D eigenvalue weighted by Gasteiger charge is 2.55. The molecule has 0 aliphatic carbocycles. The monoisotopic (exact) mass is 359 g/mol. The van der Waals surface area contributed by atoms with E-state index in [0.29, 0.717) is 51.3 Å². The predicted octanol–water partition coefficient (Wildman–Crippen LogP) is 1.35. The summed E-state index contributed by atoms with van der Waals surface area (Å²) in [6, 6.07) is 5.25. The number of fused-ring (bicyclic) bond motifs is 1. The minimum Gasteiger partial charge on any atom is -0.466 e. The highest BCUT2D eigenvalue weighted by molar-refractivity contribution is 5.92. The van der Waals surface area contributed by atoms with Gasteiger partial charge in [0.05, 0.1) is 12.0 Å². The average Bonchev–Trinajstić information content (AvgIpc) is 2.91. The van der Waals surface area contributed by atoms with Gasteiger partial charge >= 0.3 is 5.97 Å². The molecule has 2 atom stereocenters. The zero-order valence-corrected chi connectivity index (χ0v) is 15.3. The molecule has 0 radical (unpaired) electrons. The van der Waals surface area contributed by atoms with Crippen LogP contribution in [0.3, 0.4) is 0 Å². The third-order valence-corrected chi connectivity index (χ3v) is 5.49. The van der Waals surface area contributed by atoms with Crippen LogP contribution >= 0.6 is 0 Å². The first-order chi connectivity index (χ1) is 12.5. The molecule has 3 rings (SSSR count). The van der Waals surface area contributed by atoms with Crippen molar-refractivity contribution in [2.45, 2.75) is 26.7 Å². The Labute approximate surface area is 153 Å². The molecule has 0 aromatic carbocycles. The third kappa shape index (κ3) is 3.30. The number of hydrogen-bond acceptors (Lipinski definition) is 5. The Morgan fingerprint density at radius 2 is 2.04 bits per heavy atom. The van der Waals surface area contributed by atoms with E-state index in [1.807, 2.05) is 0 Å². The first kappa shape index (κ1) is 18.4. The molecule has 2 amide bonds. The van der Waals surface area contributed by atoms with Crippen molar-refractivity contribution in [3.63, 3.8) is 0 Å². The minimum absolute atomic E-state index is 0.0515. The van der Waals surface area contributed by atoms with Gasteiger partial charge in [0.1, 0.15) is 5.69 Å². The molecule has 7 nitrogen and oxygen atoms in total. The number of amides is 2. The molecule has 0 bridgehead atoms. The maximum Gasteiger partial charge on any atom is 0.314 e. The van der Waals surface area contributed by atoms with Crippen LogP contribution in [0.15, 0.2) is 24.4 Å². The second-order valence-electron chi connectivity index (χ2n) is 7.04. The van der Waals surface area contributed by atoms with Crippen LogP contribution in [-0.4, -0.2) is 65.4 Å². The van der Waals surface area contributed by atoms with Crippen molar-refractivity contribution in [2.75, 3.05) is 32.8 Å². The molecule has 0 unspecified atom stereocenters. The summed E-state index contributed by atoms with van der Waals surface area (Å²) in [6.07, 6.45) is 2.91. The van der Waals surface area contributed by atoms with Crippen LogP contribution < -0.4 is 0 Å². The zero-order chi connectivity index (χ0) is 18.7. The number of esters is 1. The second-order valence-corrected chi connectivity index (χ2v) is 7.04. The molecule has 2 aliphatic heterocycles. The van der Waals surface area contributed by atoms with E-state index < -0.39 is 5.41 Å². The standard InChI is InChI=1S/C19H25N3O4/c1-3-26-18(25)19-8-6-10-21(17(24)16-7-4-5-9-20-16)11-15(19)12-22(13-19)14(2)23/h4-5,7,9,15H,3,6,8,10-13H2,1-2H3/t15-,19-/m0/s1. The first-order valence-electron chi connectivity index (χ1n) is 9.11. The molecule has 0 saturated carbocycles. The Morgan fingerprint density at radius 3 is 2.69 bits per heavy atom. The van der Waals surface area contributed by atoms with Gasteiger partial charge in [-0.15, -0.1) is 0 Å². The first-order valence-corrected chi connectivity index (χ1v) is 9.11. The molecule has 2 fully saturated rings. The third-order valence-electron chi connectivity index (χ3n) is 5.49. The van der Waals surface area contributed by atoms with Crippen LogP contribution in [0.2, 0.25) is 0 Å². The molecule has 1 aromatic rings. The fourth-order valence-electron chi connectivity index (χ4n) is 4.12. The quantitative estimate of drug-likeness (QED) is 0.761. The van der Waals surface area contributed by atoms with Crippen LogP contribution in [0, 0.1) is 11.3 Å². The summed E-state index contributed by atoms with van der Waals surface area (Å²) >= 11 is 0. The van der Waals surface area contributed by atoms with Crippen molar-refractivity contribution in [2.24, 2.45) is 11.3 Å². The van der Waals surface area contributed by atoms with Gasteiger partial charge in [-0.2, -0.15) is 0 Å². The van der Waals surface area contributed by atoms with E-state index in [1.54, 1.807) is 41.1 Å². The Hall–Kier alpha value is -2.44. The number of hydrogen-bond donors (Lipinski definition) is 0. The van der Waals surface area contributed by atoms with Crippen molar-refractivity contribution in [3.05, 3.63) is 30.1 Å². The largest absolute Gasteiger partial charge is 0.466 e. The molecular formula is C19H25N3O4. The summed E-state index contributed by atoms with van der Waals surface area (Å²) in [4.78, 5) is 45.1.